The van der Waals surface area contributed by atoms with E-state index in [9.17, 15) is 0 Å². The van der Waals surface area contributed by atoms with Crippen LogP contribution in [-0.2, 0) is 0 Å². The molecule has 0 aromatic heterocycles. The molecule has 0 rings (SSSR count). The highest BCUT2D eigenvalue weighted by Gasteiger charge is 1.80. The van der Waals surface area contributed by atoms with E-state index in [0.717, 1.165) is 24.5 Å². The molecule has 0 aromatic rings. The maximum absolute atomic E-state index is 5.42. The van der Waals surface area contributed by atoms with Crippen LogP contribution in [0, 0.1) is 0 Å². The molecule has 3 nitrogen and oxygen atoms in total. The van der Waals surface area contributed by atoms with E-state index < -0.39 is 0 Å². The maximum Gasteiger partial charge on any atom is 0.0157 e. The van der Waals surface area contributed by atoms with Crippen LogP contribution in [0.2, 0.25) is 0 Å². The minimum Gasteiger partial charge on any atom is -0.402 e. The molecule has 0 heterocycles. The van der Waals surface area contributed by atoms with E-state index in [1.165, 1.54) is 0 Å². The molecular weight excluding hydrogens is 138 g/mol. The zero-order valence-corrected chi connectivity index (χ0v) is 7.22. The van der Waals surface area contributed by atoms with Gasteiger partial charge in [-0.15, -0.1) is 0 Å². The van der Waals surface area contributed by atoms with Gasteiger partial charge in [-0.05, 0) is 13.8 Å². The molecule has 0 aromatic carbocycles. The number of allylic oxidation sites excluding steroid dienone is 2. The third kappa shape index (κ3) is 9.04. The van der Waals surface area contributed by atoms with Crippen molar-refractivity contribution in [1.29, 1.82) is 0 Å². The predicted octanol–water partition coefficient (Wildman–Crippen LogP) is 0.301. The average molecular weight is 155 g/mol. The van der Waals surface area contributed by atoms with Crippen molar-refractivity contribution in [3.8, 4) is 0 Å². The van der Waals surface area contributed by atoms with E-state index >= 15 is 0 Å². The summed E-state index contributed by atoms with van der Waals surface area (Å²) in [5.74, 6) is 0. The quantitative estimate of drug-likeness (QED) is 0.512. The highest BCUT2D eigenvalue weighted by molar-refractivity contribution is 4.96. The van der Waals surface area contributed by atoms with Crippen LogP contribution in [0.4, 0.5) is 0 Å². The summed E-state index contributed by atoms with van der Waals surface area (Å²) in [6.45, 7) is 5.33. The lowest BCUT2D eigenvalue weighted by Crippen LogP contribution is -2.15. The van der Waals surface area contributed by atoms with Crippen LogP contribution in [0.5, 0.6) is 0 Å². The van der Waals surface area contributed by atoms with Crippen LogP contribution >= 0.6 is 0 Å². The maximum atomic E-state index is 5.42. The van der Waals surface area contributed by atoms with Gasteiger partial charge in [-0.1, -0.05) is 12.2 Å². The smallest absolute Gasteiger partial charge is 0.0157 e. The lowest BCUT2D eigenvalue weighted by molar-refractivity contribution is 0.832. The Morgan fingerprint density at radius 2 is 1.45 bits per heavy atom. The summed E-state index contributed by atoms with van der Waals surface area (Å²) in [7, 11) is 0. The summed E-state index contributed by atoms with van der Waals surface area (Å²) in [6, 6.07) is 0. The molecule has 3 heteroatoms. The normalized spacial score (nSPS) is 13.6. The van der Waals surface area contributed by atoms with E-state index in [-0.39, 0.29) is 0 Å². The van der Waals surface area contributed by atoms with Crippen LogP contribution in [0.1, 0.15) is 13.8 Å². The minimum absolute atomic E-state index is 0.798. The second kappa shape index (κ2) is 5.80. The van der Waals surface area contributed by atoms with E-state index in [1.807, 2.05) is 26.0 Å². The molecule has 0 aliphatic heterocycles. The largest absolute Gasteiger partial charge is 0.402 e. The monoisotopic (exact) mass is 155 g/mol. The second-order valence-electron chi connectivity index (χ2n) is 2.55. The Hall–Kier alpha value is -0.960. The molecule has 0 aliphatic rings. The van der Waals surface area contributed by atoms with Crippen LogP contribution in [0.25, 0.3) is 0 Å². The molecule has 5 N–H and O–H groups in total. The molecule has 64 valence electrons. The number of hydrogen-bond acceptors (Lipinski definition) is 3. The first-order valence-corrected chi connectivity index (χ1v) is 3.68. The van der Waals surface area contributed by atoms with Gasteiger partial charge in [0.2, 0.25) is 0 Å². The Kier molecular flexibility index (Phi) is 5.29. The summed E-state index contributed by atoms with van der Waals surface area (Å²) < 4.78 is 0. The Balaban J connectivity index is 3.29. The number of nitrogens with two attached hydrogens (primary N) is 2. The average Bonchev–Trinajstić information content (AvgIpc) is 1.85. The first-order valence-electron chi connectivity index (χ1n) is 3.68. The van der Waals surface area contributed by atoms with Gasteiger partial charge in [-0.25, -0.2) is 0 Å². The molecule has 0 saturated carbocycles. The molecule has 0 saturated heterocycles. The van der Waals surface area contributed by atoms with Crippen molar-refractivity contribution in [1.82, 2.24) is 5.32 Å². The van der Waals surface area contributed by atoms with Crippen molar-refractivity contribution in [3.63, 3.8) is 0 Å². The van der Waals surface area contributed by atoms with Gasteiger partial charge < -0.3 is 16.8 Å². The first-order chi connectivity index (χ1) is 5.13. The lowest BCUT2D eigenvalue weighted by Gasteiger charge is -1.96. The van der Waals surface area contributed by atoms with Gasteiger partial charge in [0.05, 0.1) is 0 Å². The van der Waals surface area contributed by atoms with E-state index in [1.54, 1.807) is 0 Å². The first kappa shape index (κ1) is 10.0. The Labute approximate surface area is 68.1 Å². The van der Waals surface area contributed by atoms with Gasteiger partial charge >= 0.3 is 0 Å². The van der Waals surface area contributed by atoms with Crippen molar-refractivity contribution in [2.24, 2.45) is 11.5 Å². The molecule has 11 heavy (non-hydrogen) atoms. The van der Waals surface area contributed by atoms with Gasteiger partial charge in [0.15, 0.2) is 0 Å². The SMILES string of the molecule is C/C(N)=C\CNC/C=C(\C)N. The predicted molar refractivity (Wildman–Crippen MR) is 48.8 cm³/mol. The number of nitrogens with one attached hydrogen (secondary N) is 1. The molecule has 0 bridgehead atoms. The minimum atomic E-state index is 0.798. The van der Waals surface area contributed by atoms with Crippen molar-refractivity contribution in [3.05, 3.63) is 23.5 Å². The van der Waals surface area contributed by atoms with Crippen LogP contribution < -0.4 is 16.8 Å². The van der Waals surface area contributed by atoms with Gasteiger partial charge in [0, 0.05) is 24.5 Å². The topological polar surface area (TPSA) is 64.1 Å². The van der Waals surface area contributed by atoms with Crippen LogP contribution in [0.15, 0.2) is 23.5 Å². The third-order valence-electron chi connectivity index (χ3n) is 1.14. The van der Waals surface area contributed by atoms with Gasteiger partial charge in [0.1, 0.15) is 0 Å². The summed E-state index contributed by atoms with van der Waals surface area (Å²) in [5.41, 5.74) is 12.5. The zero-order chi connectivity index (χ0) is 8.69. The van der Waals surface area contributed by atoms with Gasteiger partial charge in [-0.3, -0.25) is 0 Å². The van der Waals surface area contributed by atoms with Gasteiger partial charge in [0.25, 0.3) is 0 Å². The van der Waals surface area contributed by atoms with E-state index in [0.29, 0.717) is 0 Å². The Morgan fingerprint density at radius 1 is 1.09 bits per heavy atom. The van der Waals surface area contributed by atoms with E-state index in [4.69, 9.17) is 11.5 Å². The molecule has 0 unspecified atom stereocenters. The second-order valence-corrected chi connectivity index (χ2v) is 2.55. The standard InChI is InChI=1S/C8H17N3/c1-7(9)3-5-11-6-4-8(2)10/h3-4,11H,5-6,9-10H2,1-2H3/b7-3+,8-4+. The molecule has 0 amide bonds. The molecular formula is C8H17N3. The molecule has 0 radical (unpaired) electrons. The van der Waals surface area contributed by atoms with Crippen molar-refractivity contribution >= 4 is 0 Å². The third-order valence-corrected chi connectivity index (χ3v) is 1.14. The summed E-state index contributed by atoms with van der Waals surface area (Å²) >= 11 is 0. The summed E-state index contributed by atoms with van der Waals surface area (Å²) in [6.07, 6.45) is 3.86. The molecule has 0 aliphatic carbocycles. The fourth-order valence-electron chi connectivity index (χ4n) is 0.550. The van der Waals surface area contributed by atoms with Crippen molar-refractivity contribution < 1.29 is 0 Å². The summed E-state index contributed by atoms with van der Waals surface area (Å²) in [4.78, 5) is 0. The Bertz CT molecular complexity index is 133. The number of rotatable bonds is 4. The van der Waals surface area contributed by atoms with Crippen molar-refractivity contribution in [2.45, 2.75) is 13.8 Å². The highest BCUT2D eigenvalue weighted by atomic mass is 14.8. The van der Waals surface area contributed by atoms with Crippen LogP contribution in [-0.4, -0.2) is 13.1 Å². The highest BCUT2D eigenvalue weighted by Crippen LogP contribution is 1.78. The van der Waals surface area contributed by atoms with E-state index in [2.05, 4.69) is 5.32 Å². The lowest BCUT2D eigenvalue weighted by atomic mass is 10.4. The summed E-state index contributed by atoms with van der Waals surface area (Å²) in [5, 5.41) is 3.14. The van der Waals surface area contributed by atoms with Crippen LogP contribution in [0.3, 0.4) is 0 Å². The molecule has 0 atom stereocenters. The Morgan fingerprint density at radius 3 is 1.73 bits per heavy atom. The fourth-order valence-corrected chi connectivity index (χ4v) is 0.550. The van der Waals surface area contributed by atoms with Crippen molar-refractivity contribution in [2.75, 3.05) is 13.1 Å². The molecule has 0 spiro atoms. The fraction of sp³-hybridized carbons (Fsp3) is 0.500. The zero-order valence-electron chi connectivity index (χ0n) is 7.22. The molecule has 0 fully saturated rings. The number of hydrogen-bond donors (Lipinski definition) is 3. The van der Waals surface area contributed by atoms with Gasteiger partial charge in [-0.2, -0.15) is 0 Å².